The number of fused-ring (bicyclic) bond motifs is 1. The van der Waals surface area contributed by atoms with Crippen molar-refractivity contribution in [1.29, 1.82) is 0 Å². The maximum absolute atomic E-state index is 14.1. The molecule has 3 saturated heterocycles. The van der Waals surface area contributed by atoms with Crippen LogP contribution in [-0.4, -0.2) is 48.9 Å². The third-order valence-corrected chi connectivity index (χ3v) is 6.97. The summed E-state index contributed by atoms with van der Waals surface area (Å²) in [5, 5.41) is 0. The van der Waals surface area contributed by atoms with Crippen LogP contribution in [0.3, 0.4) is 0 Å². The third-order valence-electron chi connectivity index (χ3n) is 5.60. The Morgan fingerprint density at radius 3 is 1.91 bits per heavy atom. The number of hydrogen-bond donors (Lipinski definition) is 0. The minimum Gasteiger partial charge on any atom is -0.395 e. The molecule has 2 aromatic carbocycles. The van der Waals surface area contributed by atoms with Gasteiger partial charge in [-0.05, 0) is 52.0 Å². The first-order valence-electron chi connectivity index (χ1n) is 11.2. The van der Waals surface area contributed by atoms with Crippen LogP contribution in [-0.2, 0) is 32.8 Å². The molecule has 5 rings (SSSR count). The Morgan fingerprint density at radius 2 is 1.38 bits per heavy atom. The van der Waals surface area contributed by atoms with Gasteiger partial charge in [0.1, 0.15) is 35.9 Å². The largest absolute Gasteiger partial charge is 0.588 e. The Kier molecular flexibility index (Phi) is 6.23. The summed E-state index contributed by atoms with van der Waals surface area (Å²) in [6.07, 6.45) is -3.49. The molecule has 0 saturated carbocycles. The van der Waals surface area contributed by atoms with E-state index in [4.69, 9.17) is 37.3 Å². The van der Waals surface area contributed by atoms with Crippen molar-refractivity contribution in [2.75, 3.05) is 6.61 Å². The van der Waals surface area contributed by atoms with Crippen molar-refractivity contribution in [2.45, 2.75) is 70.0 Å². The van der Waals surface area contributed by atoms with Gasteiger partial charge in [-0.2, -0.15) is 0 Å². The van der Waals surface area contributed by atoms with Gasteiger partial charge in [-0.3, -0.25) is 4.52 Å². The number of ether oxygens (including phenoxy) is 5. The predicted octanol–water partition coefficient (Wildman–Crippen LogP) is 4.67. The summed E-state index contributed by atoms with van der Waals surface area (Å²) in [5.74, 6) is -1.03. The molecule has 0 aromatic heterocycles. The lowest BCUT2D eigenvalue weighted by molar-refractivity contribution is -0.231. The molecule has 3 fully saturated rings. The molecule has 0 amide bonds. The Hall–Kier alpha value is -1.97. The fourth-order valence-corrected chi connectivity index (χ4v) is 5.65. The van der Waals surface area contributed by atoms with Crippen LogP contribution >= 0.6 is 7.82 Å². The molecule has 0 bridgehead atoms. The standard InChI is InChI=1S/C24H29O9P/c1-23(2)26-15-18(28-23)19-20(21-22(27-19)30-24(3,4)29-21)33-34(25,31-16-11-7-5-8-12-16)32-17-13-9-6-10-14-17/h5-14,18-22H,15H2,1-4H3/t18-,19-,20+,21-,22-/m1/s1. The van der Waals surface area contributed by atoms with Crippen molar-refractivity contribution in [1.82, 2.24) is 0 Å². The molecule has 34 heavy (non-hydrogen) atoms. The fraction of sp³-hybridized carbons (Fsp3) is 0.500. The number of hydrogen-bond acceptors (Lipinski definition) is 9. The van der Waals surface area contributed by atoms with Crippen LogP contribution in [0, 0.1) is 0 Å². The Balaban J connectivity index is 1.45. The minimum absolute atomic E-state index is 0.268. The summed E-state index contributed by atoms with van der Waals surface area (Å²) < 4.78 is 61.7. The zero-order valence-corrected chi connectivity index (χ0v) is 20.4. The molecule has 9 nitrogen and oxygen atoms in total. The first-order chi connectivity index (χ1) is 16.1. The average molecular weight is 492 g/mol. The van der Waals surface area contributed by atoms with Crippen molar-refractivity contribution in [3.05, 3.63) is 60.7 Å². The van der Waals surface area contributed by atoms with Crippen LogP contribution in [0.1, 0.15) is 27.7 Å². The molecular weight excluding hydrogens is 463 g/mol. The zero-order chi connectivity index (χ0) is 24.0. The topological polar surface area (TPSA) is 90.9 Å². The van der Waals surface area contributed by atoms with E-state index in [0.717, 1.165) is 0 Å². The lowest BCUT2D eigenvalue weighted by atomic mass is 10.1. The maximum Gasteiger partial charge on any atom is 0.588 e. The quantitative estimate of drug-likeness (QED) is 0.512. The molecular formula is C24H29O9P. The van der Waals surface area contributed by atoms with Crippen LogP contribution in [0.2, 0.25) is 0 Å². The number of rotatable bonds is 7. The number of phosphoric ester groups is 1. The Bertz CT molecular complexity index is 984. The first-order valence-corrected chi connectivity index (χ1v) is 12.7. The van der Waals surface area contributed by atoms with Crippen LogP contribution in [0.15, 0.2) is 60.7 Å². The molecule has 0 aliphatic carbocycles. The van der Waals surface area contributed by atoms with Crippen LogP contribution in [0.5, 0.6) is 11.5 Å². The third kappa shape index (κ3) is 5.16. The molecule has 5 atom stereocenters. The maximum atomic E-state index is 14.1. The molecule has 3 heterocycles. The van der Waals surface area contributed by atoms with Crippen molar-refractivity contribution in [2.24, 2.45) is 0 Å². The lowest BCUT2D eigenvalue weighted by Gasteiger charge is -2.30. The monoisotopic (exact) mass is 492 g/mol. The van der Waals surface area contributed by atoms with Gasteiger partial charge in [-0.25, -0.2) is 4.57 Å². The molecule has 2 aromatic rings. The molecule has 0 N–H and O–H groups in total. The van der Waals surface area contributed by atoms with Gasteiger partial charge in [-0.1, -0.05) is 36.4 Å². The van der Waals surface area contributed by atoms with E-state index in [-0.39, 0.29) is 6.61 Å². The highest BCUT2D eigenvalue weighted by Crippen LogP contribution is 2.54. The van der Waals surface area contributed by atoms with Crippen LogP contribution < -0.4 is 9.05 Å². The number of phosphoric acid groups is 1. The minimum atomic E-state index is -4.23. The van der Waals surface area contributed by atoms with E-state index < -0.39 is 50.1 Å². The van der Waals surface area contributed by atoms with Crippen molar-refractivity contribution < 1.29 is 41.8 Å². The van der Waals surface area contributed by atoms with Gasteiger partial charge in [0, 0.05) is 0 Å². The van der Waals surface area contributed by atoms with E-state index >= 15 is 0 Å². The van der Waals surface area contributed by atoms with Gasteiger partial charge < -0.3 is 32.7 Å². The second kappa shape index (κ2) is 8.91. The van der Waals surface area contributed by atoms with Crippen LogP contribution in [0.25, 0.3) is 0 Å². The highest BCUT2D eigenvalue weighted by Gasteiger charge is 2.61. The summed E-state index contributed by atoms with van der Waals surface area (Å²) in [5.41, 5.74) is 0. The Morgan fingerprint density at radius 1 is 0.794 bits per heavy atom. The summed E-state index contributed by atoms with van der Waals surface area (Å²) in [7, 11) is -4.23. The molecule has 3 aliphatic heterocycles. The van der Waals surface area contributed by atoms with Gasteiger partial charge in [0.2, 0.25) is 0 Å². The number of para-hydroxylation sites is 2. The van der Waals surface area contributed by atoms with Crippen LogP contribution in [0.4, 0.5) is 0 Å². The highest BCUT2D eigenvalue weighted by atomic mass is 31.2. The average Bonchev–Trinajstić information content (AvgIpc) is 3.39. The molecule has 0 spiro atoms. The van der Waals surface area contributed by atoms with E-state index in [9.17, 15) is 4.57 Å². The second-order valence-corrected chi connectivity index (χ2v) is 10.7. The fourth-order valence-electron chi connectivity index (χ4n) is 4.23. The number of benzene rings is 2. The van der Waals surface area contributed by atoms with Gasteiger partial charge in [0.15, 0.2) is 17.9 Å². The summed E-state index contributed by atoms with van der Waals surface area (Å²) >= 11 is 0. The van der Waals surface area contributed by atoms with Gasteiger partial charge in [-0.15, -0.1) is 0 Å². The highest BCUT2D eigenvalue weighted by molar-refractivity contribution is 7.49. The molecule has 0 radical (unpaired) electrons. The van der Waals surface area contributed by atoms with E-state index in [1.807, 2.05) is 26.0 Å². The first kappa shape index (κ1) is 23.8. The summed E-state index contributed by atoms with van der Waals surface area (Å²) in [6, 6.07) is 17.4. The van der Waals surface area contributed by atoms with Gasteiger partial charge in [0.25, 0.3) is 0 Å². The van der Waals surface area contributed by atoms with E-state index in [1.54, 1.807) is 62.4 Å². The van der Waals surface area contributed by atoms with E-state index in [0.29, 0.717) is 11.5 Å². The normalized spacial score (nSPS) is 31.8. The lowest BCUT2D eigenvalue weighted by Crippen LogP contribution is -2.44. The second-order valence-electron chi connectivity index (χ2n) is 9.26. The van der Waals surface area contributed by atoms with Gasteiger partial charge in [0.05, 0.1) is 6.61 Å². The Labute approximate surface area is 198 Å². The molecule has 184 valence electrons. The summed E-state index contributed by atoms with van der Waals surface area (Å²) in [4.78, 5) is 0. The van der Waals surface area contributed by atoms with Crippen molar-refractivity contribution >= 4 is 7.82 Å². The predicted molar refractivity (Wildman–Crippen MR) is 120 cm³/mol. The smallest absolute Gasteiger partial charge is 0.395 e. The van der Waals surface area contributed by atoms with E-state index in [2.05, 4.69) is 0 Å². The zero-order valence-electron chi connectivity index (χ0n) is 19.5. The molecule has 10 heteroatoms. The summed E-state index contributed by atoms with van der Waals surface area (Å²) in [6.45, 7) is 7.45. The molecule has 3 aliphatic rings. The molecule has 0 unspecified atom stereocenters. The van der Waals surface area contributed by atoms with E-state index in [1.165, 1.54) is 0 Å². The van der Waals surface area contributed by atoms with Crippen molar-refractivity contribution in [3.8, 4) is 11.5 Å². The SMILES string of the molecule is CC1(C)O[C@H]2O[C@H]([C@H]3COC(C)(C)O3)[C@H](OP(=O)(Oc3ccccc3)Oc3ccccc3)[C@H]2O1. The van der Waals surface area contributed by atoms with Gasteiger partial charge >= 0.3 is 7.82 Å². The van der Waals surface area contributed by atoms with Crippen molar-refractivity contribution in [3.63, 3.8) is 0 Å².